The van der Waals surface area contributed by atoms with Gasteiger partial charge in [0.2, 0.25) is 11.7 Å². The van der Waals surface area contributed by atoms with Crippen molar-refractivity contribution in [2.45, 2.75) is 38.5 Å². The maximum absolute atomic E-state index is 13.0. The molecule has 0 fully saturated rings. The monoisotopic (exact) mass is 330 g/mol. The molecule has 1 aliphatic heterocycles. The van der Waals surface area contributed by atoms with Gasteiger partial charge in [-0.25, -0.2) is 4.98 Å². The largest absolute Gasteiger partial charge is 0.449 e. The lowest BCUT2D eigenvalue weighted by Crippen LogP contribution is -2.22. The third-order valence-electron chi connectivity index (χ3n) is 3.62. The van der Waals surface area contributed by atoms with Crippen molar-refractivity contribution in [2.75, 3.05) is 20.6 Å². The van der Waals surface area contributed by atoms with E-state index in [4.69, 9.17) is 0 Å². The molecular formula is C15H21F3N4O. The Labute approximate surface area is 133 Å². The number of imidazole rings is 1. The van der Waals surface area contributed by atoms with E-state index >= 15 is 0 Å². The summed E-state index contributed by atoms with van der Waals surface area (Å²) in [6.07, 6.45) is 0.717. The van der Waals surface area contributed by atoms with E-state index in [0.29, 0.717) is 37.3 Å². The number of hydrogen-bond donors (Lipinski definition) is 1. The van der Waals surface area contributed by atoms with Crippen LogP contribution in [0, 0.1) is 0 Å². The van der Waals surface area contributed by atoms with Gasteiger partial charge in [0.25, 0.3) is 0 Å². The number of hydrogen-bond acceptors (Lipinski definition) is 3. The van der Waals surface area contributed by atoms with Crippen molar-refractivity contribution in [3.8, 4) is 0 Å². The molecule has 2 heterocycles. The van der Waals surface area contributed by atoms with E-state index < -0.39 is 12.0 Å². The van der Waals surface area contributed by atoms with Crippen molar-refractivity contribution in [2.24, 2.45) is 0 Å². The number of aromatic nitrogens is 2. The lowest BCUT2D eigenvalue weighted by molar-refractivity contribution is -0.147. The van der Waals surface area contributed by atoms with E-state index in [9.17, 15) is 18.0 Å². The van der Waals surface area contributed by atoms with Gasteiger partial charge in [-0.1, -0.05) is 6.08 Å². The molecule has 1 aromatic rings. The van der Waals surface area contributed by atoms with Crippen LogP contribution in [0.3, 0.4) is 0 Å². The summed E-state index contributed by atoms with van der Waals surface area (Å²) in [4.78, 5) is 17.3. The highest BCUT2D eigenvalue weighted by Crippen LogP contribution is 2.32. The molecule has 0 unspecified atom stereocenters. The predicted molar refractivity (Wildman–Crippen MR) is 79.7 cm³/mol. The third kappa shape index (κ3) is 4.57. The summed E-state index contributed by atoms with van der Waals surface area (Å²) in [5.74, 6) is -1.20. The molecule has 0 aromatic carbocycles. The average Bonchev–Trinajstić information content (AvgIpc) is 2.84. The first kappa shape index (κ1) is 17.5. The molecule has 0 saturated carbocycles. The first-order valence-corrected chi connectivity index (χ1v) is 7.53. The summed E-state index contributed by atoms with van der Waals surface area (Å²) in [5, 5.41) is 2.60. The van der Waals surface area contributed by atoms with Crippen molar-refractivity contribution >= 4 is 5.91 Å². The topological polar surface area (TPSA) is 50.2 Å². The van der Waals surface area contributed by atoms with Crippen molar-refractivity contribution in [1.82, 2.24) is 19.8 Å². The molecule has 1 aliphatic rings. The number of alkyl halides is 3. The molecule has 1 aromatic heterocycles. The predicted octanol–water partition coefficient (Wildman–Crippen LogP) is 1.97. The van der Waals surface area contributed by atoms with Crippen LogP contribution < -0.4 is 5.32 Å². The number of fused-ring (bicyclic) bond motifs is 1. The van der Waals surface area contributed by atoms with Gasteiger partial charge in [-0.15, -0.1) is 0 Å². The van der Waals surface area contributed by atoms with Gasteiger partial charge in [0, 0.05) is 24.9 Å². The van der Waals surface area contributed by atoms with Crippen LogP contribution in [0.4, 0.5) is 13.2 Å². The van der Waals surface area contributed by atoms with E-state index in [2.05, 4.69) is 10.3 Å². The van der Waals surface area contributed by atoms with Crippen molar-refractivity contribution in [3.05, 3.63) is 29.4 Å². The minimum Gasteiger partial charge on any atom is -0.347 e. The van der Waals surface area contributed by atoms with Gasteiger partial charge in [0.15, 0.2) is 0 Å². The highest BCUT2D eigenvalue weighted by Gasteiger charge is 2.39. The Morgan fingerprint density at radius 3 is 2.78 bits per heavy atom. The molecule has 1 amide bonds. The second-order valence-electron chi connectivity index (χ2n) is 5.82. The van der Waals surface area contributed by atoms with Crippen LogP contribution in [0.5, 0.6) is 0 Å². The summed E-state index contributed by atoms with van der Waals surface area (Å²) in [6, 6.07) is 0. The van der Waals surface area contributed by atoms with E-state index in [-0.39, 0.29) is 12.5 Å². The average molecular weight is 330 g/mol. The number of rotatable bonds is 5. The minimum atomic E-state index is -4.47. The summed E-state index contributed by atoms with van der Waals surface area (Å²) >= 11 is 0. The summed E-state index contributed by atoms with van der Waals surface area (Å²) in [6.45, 7) is 0.954. The zero-order valence-corrected chi connectivity index (χ0v) is 13.3. The SMILES string of the molecule is CN(C)C/C=C/C(=O)NCc1nc(C(F)(F)F)n2c1CCCC2. The molecule has 128 valence electrons. The van der Waals surface area contributed by atoms with Crippen LogP contribution >= 0.6 is 0 Å². The molecular weight excluding hydrogens is 309 g/mol. The van der Waals surface area contributed by atoms with Crippen LogP contribution in [0.25, 0.3) is 0 Å². The second-order valence-corrected chi connectivity index (χ2v) is 5.82. The van der Waals surface area contributed by atoms with Crippen LogP contribution in [0.15, 0.2) is 12.2 Å². The number of nitrogens with zero attached hydrogens (tertiary/aromatic N) is 3. The van der Waals surface area contributed by atoms with Crippen LogP contribution in [-0.2, 0) is 30.5 Å². The van der Waals surface area contributed by atoms with Gasteiger partial charge in [0.05, 0.1) is 12.2 Å². The standard InChI is InChI=1S/C15H21F3N4O/c1-21(2)8-5-7-13(23)19-10-11-12-6-3-4-9-22(12)14(20-11)15(16,17)18/h5,7H,3-4,6,8-10H2,1-2H3,(H,19,23)/b7-5+. The number of carbonyl (C=O) groups excluding carboxylic acids is 1. The Bertz CT molecular complexity index is 590. The lowest BCUT2D eigenvalue weighted by Gasteiger charge is -2.18. The normalized spacial score (nSPS) is 15.2. The van der Waals surface area contributed by atoms with Crippen molar-refractivity contribution in [1.29, 1.82) is 0 Å². The number of amides is 1. The molecule has 5 nitrogen and oxygen atoms in total. The number of carbonyl (C=O) groups is 1. The Morgan fingerprint density at radius 1 is 1.39 bits per heavy atom. The fourth-order valence-corrected chi connectivity index (χ4v) is 2.58. The first-order valence-electron chi connectivity index (χ1n) is 7.53. The van der Waals surface area contributed by atoms with E-state index in [1.165, 1.54) is 10.6 Å². The molecule has 23 heavy (non-hydrogen) atoms. The number of likely N-dealkylation sites (N-methyl/N-ethyl adjacent to an activating group) is 1. The van der Waals surface area contributed by atoms with E-state index in [0.717, 1.165) is 6.42 Å². The van der Waals surface area contributed by atoms with Crippen LogP contribution in [0.2, 0.25) is 0 Å². The number of halogens is 3. The van der Waals surface area contributed by atoms with E-state index in [1.54, 1.807) is 6.08 Å². The quantitative estimate of drug-likeness (QED) is 0.840. The Morgan fingerprint density at radius 2 is 2.13 bits per heavy atom. The molecule has 2 rings (SSSR count). The third-order valence-corrected chi connectivity index (χ3v) is 3.62. The number of nitrogens with one attached hydrogen (secondary N) is 1. The highest BCUT2D eigenvalue weighted by molar-refractivity contribution is 5.87. The van der Waals surface area contributed by atoms with Gasteiger partial charge in [0.1, 0.15) is 0 Å². The minimum absolute atomic E-state index is 0.0105. The van der Waals surface area contributed by atoms with Gasteiger partial charge in [-0.05, 0) is 33.4 Å². The van der Waals surface area contributed by atoms with Crippen LogP contribution in [-0.4, -0.2) is 41.0 Å². The van der Waals surface area contributed by atoms with Crippen molar-refractivity contribution < 1.29 is 18.0 Å². The highest BCUT2D eigenvalue weighted by atomic mass is 19.4. The second kappa shape index (κ2) is 7.16. The molecule has 0 aliphatic carbocycles. The zero-order chi connectivity index (χ0) is 17.0. The maximum atomic E-state index is 13.0. The van der Waals surface area contributed by atoms with Gasteiger partial charge in [-0.2, -0.15) is 13.2 Å². The Balaban J connectivity index is 2.07. The molecule has 1 N–H and O–H groups in total. The van der Waals surface area contributed by atoms with E-state index in [1.807, 2.05) is 19.0 Å². The smallest absolute Gasteiger partial charge is 0.347 e. The van der Waals surface area contributed by atoms with Gasteiger partial charge < -0.3 is 14.8 Å². The van der Waals surface area contributed by atoms with Gasteiger partial charge in [-0.3, -0.25) is 4.79 Å². The molecule has 0 saturated heterocycles. The Kier molecular flexibility index (Phi) is 5.46. The van der Waals surface area contributed by atoms with Gasteiger partial charge >= 0.3 is 6.18 Å². The molecule has 0 bridgehead atoms. The first-order chi connectivity index (χ1) is 10.8. The summed E-state index contributed by atoms with van der Waals surface area (Å²) in [5.41, 5.74) is 0.896. The molecule has 0 radical (unpaired) electrons. The molecule has 0 atom stereocenters. The lowest BCUT2D eigenvalue weighted by atomic mass is 10.1. The zero-order valence-electron chi connectivity index (χ0n) is 13.3. The Hall–Kier alpha value is -1.83. The molecule has 8 heteroatoms. The fraction of sp³-hybridized carbons (Fsp3) is 0.600. The fourth-order valence-electron chi connectivity index (χ4n) is 2.58. The molecule has 0 spiro atoms. The van der Waals surface area contributed by atoms with Crippen LogP contribution in [0.1, 0.15) is 30.1 Å². The summed E-state index contributed by atoms with van der Waals surface area (Å²) < 4.78 is 40.4. The summed E-state index contributed by atoms with van der Waals surface area (Å²) in [7, 11) is 3.75. The van der Waals surface area contributed by atoms with Crippen molar-refractivity contribution in [3.63, 3.8) is 0 Å². The maximum Gasteiger partial charge on any atom is 0.449 e.